The molecule has 0 atom stereocenters. The third kappa shape index (κ3) is 3.96. The van der Waals surface area contributed by atoms with Crippen molar-refractivity contribution in [2.75, 3.05) is 19.4 Å². The zero-order chi connectivity index (χ0) is 19.6. The number of aromatic nitrogens is 2. The number of hydrogen-bond donors (Lipinski definition) is 1. The number of benzene rings is 2. The normalized spacial score (nSPS) is 12.0. The molecule has 2 aromatic carbocycles. The largest absolute Gasteiger partial charge is 0.378 e. The topological polar surface area (TPSA) is 67.2 Å². The highest BCUT2D eigenvalue weighted by atomic mass is 32.2. The molecule has 0 aliphatic rings. The Hall–Kier alpha value is -2.45. The molecule has 1 heterocycles. The van der Waals surface area contributed by atoms with E-state index in [4.69, 9.17) is 0 Å². The number of halogens is 1. The molecule has 0 aliphatic carbocycles. The first-order chi connectivity index (χ1) is 12.8. The molecule has 8 heteroatoms. The SMILES string of the molecule is CCCn1c(CNc2cccc(F)c2)nc2cc(S(=O)(=O)N(C)C)ccc21. The Morgan fingerprint density at radius 3 is 2.63 bits per heavy atom. The van der Waals surface area contributed by atoms with Gasteiger partial charge in [-0.05, 0) is 42.8 Å². The fourth-order valence-electron chi connectivity index (χ4n) is 2.92. The summed E-state index contributed by atoms with van der Waals surface area (Å²) in [6.07, 6.45) is 0.913. The van der Waals surface area contributed by atoms with E-state index in [0.717, 1.165) is 24.3 Å². The Bertz CT molecular complexity index is 1060. The van der Waals surface area contributed by atoms with Gasteiger partial charge >= 0.3 is 0 Å². The molecule has 0 radical (unpaired) electrons. The second kappa shape index (κ2) is 7.66. The molecule has 0 amide bonds. The van der Waals surface area contributed by atoms with Crippen molar-refractivity contribution in [2.24, 2.45) is 0 Å². The maximum Gasteiger partial charge on any atom is 0.242 e. The smallest absolute Gasteiger partial charge is 0.242 e. The molecule has 1 aromatic heterocycles. The highest BCUT2D eigenvalue weighted by Crippen LogP contribution is 2.23. The van der Waals surface area contributed by atoms with Gasteiger partial charge in [-0.3, -0.25) is 0 Å². The zero-order valence-electron chi connectivity index (χ0n) is 15.6. The highest BCUT2D eigenvalue weighted by molar-refractivity contribution is 7.89. The van der Waals surface area contributed by atoms with Crippen molar-refractivity contribution in [3.63, 3.8) is 0 Å². The van der Waals surface area contributed by atoms with Crippen LogP contribution in [0.5, 0.6) is 0 Å². The third-order valence-corrected chi connectivity index (χ3v) is 6.11. The first kappa shape index (κ1) is 19.3. The van der Waals surface area contributed by atoms with Crippen LogP contribution in [0.4, 0.5) is 10.1 Å². The maximum absolute atomic E-state index is 13.4. The van der Waals surface area contributed by atoms with Crippen molar-refractivity contribution in [3.05, 3.63) is 54.1 Å². The third-order valence-electron chi connectivity index (χ3n) is 4.30. The van der Waals surface area contributed by atoms with Crippen molar-refractivity contribution in [2.45, 2.75) is 31.3 Å². The number of sulfonamides is 1. The summed E-state index contributed by atoms with van der Waals surface area (Å²) in [5.74, 6) is 0.469. The van der Waals surface area contributed by atoms with Crippen LogP contribution >= 0.6 is 0 Å². The van der Waals surface area contributed by atoms with Crippen molar-refractivity contribution in [1.29, 1.82) is 0 Å². The fourth-order valence-corrected chi connectivity index (χ4v) is 3.84. The Balaban J connectivity index is 1.97. The summed E-state index contributed by atoms with van der Waals surface area (Å²) in [5.41, 5.74) is 2.17. The monoisotopic (exact) mass is 390 g/mol. The van der Waals surface area contributed by atoms with Gasteiger partial charge in [0.25, 0.3) is 0 Å². The lowest BCUT2D eigenvalue weighted by atomic mass is 10.3. The van der Waals surface area contributed by atoms with E-state index in [0.29, 0.717) is 17.7 Å². The molecule has 0 aliphatic heterocycles. The van der Waals surface area contributed by atoms with E-state index in [1.54, 1.807) is 30.3 Å². The lowest BCUT2D eigenvalue weighted by molar-refractivity contribution is 0.521. The van der Waals surface area contributed by atoms with E-state index in [2.05, 4.69) is 21.8 Å². The average molecular weight is 390 g/mol. The van der Waals surface area contributed by atoms with Gasteiger partial charge in [0.05, 0.1) is 22.5 Å². The summed E-state index contributed by atoms with van der Waals surface area (Å²) in [6.45, 7) is 3.24. The number of imidazole rings is 1. The van der Waals surface area contributed by atoms with E-state index in [1.165, 1.54) is 30.5 Å². The van der Waals surface area contributed by atoms with Crippen LogP contribution in [-0.2, 0) is 23.1 Å². The van der Waals surface area contributed by atoms with Gasteiger partial charge in [-0.1, -0.05) is 13.0 Å². The van der Waals surface area contributed by atoms with Crippen LogP contribution in [0, 0.1) is 5.82 Å². The number of nitrogens with zero attached hydrogens (tertiary/aromatic N) is 3. The first-order valence-corrected chi connectivity index (χ1v) is 10.2. The lowest BCUT2D eigenvalue weighted by Gasteiger charge is -2.11. The summed E-state index contributed by atoms with van der Waals surface area (Å²) >= 11 is 0. The molecule has 0 unspecified atom stereocenters. The van der Waals surface area contributed by atoms with Gasteiger partial charge in [-0.2, -0.15) is 0 Å². The number of rotatable bonds is 7. The van der Waals surface area contributed by atoms with Crippen LogP contribution in [0.15, 0.2) is 47.4 Å². The number of nitrogens with one attached hydrogen (secondary N) is 1. The summed E-state index contributed by atoms with van der Waals surface area (Å²) in [7, 11) is -0.510. The van der Waals surface area contributed by atoms with E-state index < -0.39 is 10.0 Å². The number of hydrogen-bond acceptors (Lipinski definition) is 4. The van der Waals surface area contributed by atoms with Crippen LogP contribution in [-0.4, -0.2) is 36.4 Å². The molecule has 0 fully saturated rings. The minimum Gasteiger partial charge on any atom is -0.378 e. The second-order valence-electron chi connectivity index (χ2n) is 6.48. The molecule has 1 N–H and O–H groups in total. The minimum absolute atomic E-state index is 0.214. The molecule has 0 bridgehead atoms. The second-order valence-corrected chi connectivity index (χ2v) is 8.63. The van der Waals surface area contributed by atoms with Gasteiger partial charge in [-0.25, -0.2) is 22.1 Å². The molecule has 0 saturated heterocycles. The molecule has 6 nitrogen and oxygen atoms in total. The molecule has 27 heavy (non-hydrogen) atoms. The Labute approximate surface area is 158 Å². The zero-order valence-corrected chi connectivity index (χ0v) is 16.4. The Kier molecular flexibility index (Phi) is 5.48. The van der Waals surface area contributed by atoms with Crippen molar-refractivity contribution in [1.82, 2.24) is 13.9 Å². The maximum atomic E-state index is 13.4. The minimum atomic E-state index is -3.52. The van der Waals surface area contributed by atoms with E-state index in [1.807, 2.05) is 0 Å². The quantitative estimate of drug-likeness (QED) is 0.671. The number of fused-ring (bicyclic) bond motifs is 1. The summed E-state index contributed by atoms with van der Waals surface area (Å²) < 4.78 is 41.4. The molecule has 3 aromatic rings. The van der Waals surface area contributed by atoms with Gasteiger partial charge in [0, 0.05) is 26.3 Å². The standard InChI is InChI=1S/C19H23FN4O2S/c1-4-10-24-18-9-8-16(27(25,26)23(2)3)12-17(18)22-19(24)13-21-15-7-5-6-14(20)11-15/h5-9,11-12,21H,4,10,13H2,1-3H3. The molecule has 3 rings (SSSR count). The first-order valence-electron chi connectivity index (χ1n) is 8.74. The van der Waals surface area contributed by atoms with Crippen molar-refractivity contribution < 1.29 is 12.8 Å². The van der Waals surface area contributed by atoms with Gasteiger partial charge < -0.3 is 9.88 Å². The molecule has 144 valence electrons. The van der Waals surface area contributed by atoms with Crippen LogP contribution in [0.2, 0.25) is 0 Å². The van der Waals surface area contributed by atoms with Crippen LogP contribution in [0.25, 0.3) is 11.0 Å². The van der Waals surface area contributed by atoms with E-state index in [-0.39, 0.29) is 10.7 Å². The predicted molar refractivity (Wildman–Crippen MR) is 105 cm³/mol. The van der Waals surface area contributed by atoms with Crippen molar-refractivity contribution in [3.8, 4) is 0 Å². The van der Waals surface area contributed by atoms with Gasteiger partial charge in [0.2, 0.25) is 10.0 Å². The summed E-state index contributed by atoms with van der Waals surface area (Å²) in [4.78, 5) is 4.84. The van der Waals surface area contributed by atoms with Crippen LogP contribution < -0.4 is 5.32 Å². The Morgan fingerprint density at radius 1 is 1.19 bits per heavy atom. The van der Waals surface area contributed by atoms with Crippen LogP contribution in [0.3, 0.4) is 0 Å². The Morgan fingerprint density at radius 2 is 1.96 bits per heavy atom. The van der Waals surface area contributed by atoms with Crippen LogP contribution in [0.1, 0.15) is 19.2 Å². The van der Waals surface area contributed by atoms with Gasteiger partial charge in [0.1, 0.15) is 11.6 Å². The number of anilines is 1. The predicted octanol–water partition coefficient (Wildman–Crippen LogP) is 3.45. The van der Waals surface area contributed by atoms with E-state index in [9.17, 15) is 12.8 Å². The summed E-state index contributed by atoms with van der Waals surface area (Å²) in [5, 5.41) is 3.17. The average Bonchev–Trinajstić information content (AvgIpc) is 2.97. The number of aryl methyl sites for hydroxylation is 1. The highest BCUT2D eigenvalue weighted by Gasteiger charge is 2.19. The fraction of sp³-hybridized carbons (Fsp3) is 0.316. The molecular weight excluding hydrogens is 367 g/mol. The lowest BCUT2D eigenvalue weighted by Crippen LogP contribution is -2.22. The van der Waals surface area contributed by atoms with E-state index >= 15 is 0 Å². The summed E-state index contributed by atoms with van der Waals surface area (Å²) in [6, 6.07) is 11.2. The van der Waals surface area contributed by atoms with Gasteiger partial charge in [-0.15, -0.1) is 0 Å². The molecular formula is C19H23FN4O2S. The van der Waals surface area contributed by atoms with Crippen molar-refractivity contribution >= 4 is 26.7 Å². The molecule has 0 spiro atoms. The molecule has 0 saturated carbocycles. The van der Waals surface area contributed by atoms with Gasteiger partial charge in [0.15, 0.2) is 0 Å².